The summed E-state index contributed by atoms with van der Waals surface area (Å²) in [6, 6.07) is 8.21. The molecule has 0 atom stereocenters. The average molecular weight is 339 g/mol. The minimum atomic E-state index is -4.54. The van der Waals surface area contributed by atoms with Crippen molar-refractivity contribution < 1.29 is 13.2 Å². The molecule has 24 heavy (non-hydrogen) atoms. The molecule has 0 aliphatic carbocycles. The van der Waals surface area contributed by atoms with Crippen LogP contribution in [0.2, 0.25) is 0 Å². The number of aryl methyl sites for hydroxylation is 1. The maximum atomic E-state index is 13.1. The van der Waals surface area contributed by atoms with Gasteiger partial charge in [0.25, 0.3) is 0 Å². The molecule has 5 nitrogen and oxygen atoms in total. The van der Waals surface area contributed by atoms with Crippen molar-refractivity contribution in [1.29, 1.82) is 0 Å². The summed E-state index contributed by atoms with van der Waals surface area (Å²) in [6.45, 7) is 2.96. The summed E-state index contributed by atoms with van der Waals surface area (Å²) in [5.74, 6) is 0.0433. The number of alkyl halides is 3. The van der Waals surface area contributed by atoms with E-state index in [0.717, 1.165) is 11.6 Å². The van der Waals surface area contributed by atoms with Crippen molar-refractivity contribution >= 4 is 17.5 Å². The Hall–Kier alpha value is -2.35. The average Bonchev–Trinajstić information content (AvgIpc) is 2.48. The zero-order valence-corrected chi connectivity index (χ0v) is 13.8. The van der Waals surface area contributed by atoms with E-state index in [1.807, 2.05) is 38.1 Å². The normalized spacial score (nSPS) is 11.6. The lowest BCUT2D eigenvalue weighted by atomic mass is 10.2. The highest BCUT2D eigenvalue weighted by Gasteiger charge is 2.33. The zero-order valence-electron chi connectivity index (χ0n) is 13.8. The van der Waals surface area contributed by atoms with E-state index in [1.165, 1.54) is 0 Å². The number of benzene rings is 1. The number of likely N-dealkylation sites (N-methyl/N-ethyl adjacent to an activating group) is 1. The summed E-state index contributed by atoms with van der Waals surface area (Å²) in [4.78, 5) is 9.60. The van der Waals surface area contributed by atoms with Crippen LogP contribution >= 0.6 is 0 Å². The summed E-state index contributed by atoms with van der Waals surface area (Å²) >= 11 is 0. The number of halogens is 3. The second kappa shape index (κ2) is 7.48. The molecule has 1 aromatic carbocycles. The van der Waals surface area contributed by atoms with Crippen LogP contribution in [-0.4, -0.2) is 42.1 Å². The Morgan fingerprint density at radius 3 is 2.46 bits per heavy atom. The molecule has 1 aromatic heterocycles. The van der Waals surface area contributed by atoms with Crippen LogP contribution in [0.5, 0.6) is 0 Å². The van der Waals surface area contributed by atoms with Crippen LogP contribution in [-0.2, 0) is 6.18 Å². The Labute approximate surface area is 138 Å². The highest BCUT2D eigenvalue weighted by atomic mass is 19.4. The molecule has 8 heteroatoms. The Balaban J connectivity index is 2.27. The fraction of sp³-hybridized carbons (Fsp3) is 0.375. The van der Waals surface area contributed by atoms with Gasteiger partial charge in [0.15, 0.2) is 5.69 Å². The number of hydrogen-bond acceptors (Lipinski definition) is 5. The van der Waals surface area contributed by atoms with Gasteiger partial charge in [-0.05, 0) is 32.6 Å². The second-order valence-corrected chi connectivity index (χ2v) is 5.63. The highest BCUT2D eigenvalue weighted by molar-refractivity contribution is 5.61. The number of nitrogens with one attached hydrogen (secondary N) is 2. The highest BCUT2D eigenvalue weighted by Crippen LogP contribution is 2.30. The fourth-order valence-corrected chi connectivity index (χ4v) is 1.98. The summed E-state index contributed by atoms with van der Waals surface area (Å²) in [5.41, 5.74) is 0.622. The second-order valence-electron chi connectivity index (χ2n) is 5.63. The van der Waals surface area contributed by atoms with E-state index in [9.17, 15) is 13.2 Å². The van der Waals surface area contributed by atoms with E-state index in [0.29, 0.717) is 18.8 Å². The number of para-hydroxylation sites is 1. The molecule has 0 aliphatic heterocycles. The van der Waals surface area contributed by atoms with Gasteiger partial charge in [-0.3, -0.25) is 0 Å². The van der Waals surface area contributed by atoms with Crippen molar-refractivity contribution in [3.05, 3.63) is 41.6 Å². The van der Waals surface area contributed by atoms with Gasteiger partial charge in [0, 0.05) is 24.8 Å². The van der Waals surface area contributed by atoms with Gasteiger partial charge in [0.1, 0.15) is 5.82 Å². The predicted molar refractivity (Wildman–Crippen MR) is 88.5 cm³/mol. The van der Waals surface area contributed by atoms with E-state index >= 15 is 0 Å². The van der Waals surface area contributed by atoms with Crippen molar-refractivity contribution in [3.63, 3.8) is 0 Å². The van der Waals surface area contributed by atoms with Gasteiger partial charge in [-0.15, -0.1) is 0 Å². The fourth-order valence-electron chi connectivity index (χ4n) is 1.98. The number of rotatable bonds is 6. The first kappa shape index (κ1) is 18.0. The lowest BCUT2D eigenvalue weighted by Crippen LogP contribution is -2.22. The number of anilines is 3. The third-order valence-corrected chi connectivity index (χ3v) is 3.27. The van der Waals surface area contributed by atoms with Gasteiger partial charge in [0.2, 0.25) is 5.95 Å². The van der Waals surface area contributed by atoms with E-state index in [1.54, 1.807) is 12.1 Å². The molecule has 2 rings (SSSR count). The molecular formula is C16H20F3N5. The standard InChI is InChI=1S/C16H20F3N5/c1-11-6-4-5-7-12(11)21-14-10-13(16(17,18)19)22-15(23-14)20-8-9-24(2)3/h4-7,10H,8-9H2,1-3H3,(H2,20,21,22,23). The molecule has 0 amide bonds. The van der Waals surface area contributed by atoms with Crippen LogP contribution in [0, 0.1) is 6.92 Å². The lowest BCUT2D eigenvalue weighted by molar-refractivity contribution is -0.141. The monoisotopic (exact) mass is 339 g/mol. The third kappa shape index (κ3) is 5.09. The Bertz CT molecular complexity index is 686. The maximum absolute atomic E-state index is 13.1. The first-order valence-corrected chi connectivity index (χ1v) is 7.43. The molecule has 0 aliphatic rings. The summed E-state index contributed by atoms with van der Waals surface area (Å²) in [6.07, 6.45) is -4.54. The number of nitrogens with zero attached hydrogens (tertiary/aromatic N) is 3. The molecule has 0 radical (unpaired) electrons. The van der Waals surface area contributed by atoms with Gasteiger partial charge in [-0.25, -0.2) is 4.98 Å². The molecule has 1 heterocycles. The van der Waals surface area contributed by atoms with Crippen molar-refractivity contribution in [2.75, 3.05) is 37.8 Å². The van der Waals surface area contributed by atoms with E-state index in [-0.39, 0.29) is 11.8 Å². The molecule has 0 fully saturated rings. The molecule has 0 unspecified atom stereocenters. The molecule has 0 bridgehead atoms. The van der Waals surface area contributed by atoms with Crippen LogP contribution in [0.3, 0.4) is 0 Å². The Kier molecular flexibility index (Phi) is 5.61. The van der Waals surface area contributed by atoms with E-state index in [2.05, 4.69) is 20.6 Å². The van der Waals surface area contributed by atoms with Gasteiger partial charge < -0.3 is 15.5 Å². The van der Waals surface area contributed by atoms with Crippen molar-refractivity contribution in [2.24, 2.45) is 0 Å². The quantitative estimate of drug-likeness (QED) is 0.843. The van der Waals surface area contributed by atoms with E-state index in [4.69, 9.17) is 0 Å². The number of aromatic nitrogens is 2. The van der Waals surface area contributed by atoms with Crippen LogP contribution in [0.15, 0.2) is 30.3 Å². The van der Waals surface area contributed by atoms with Gasteiger partial charge in [-0.1, -0.05) is 18.2 Å². The minimum absolute atomic E-state index is 0.0530. The Morgan fingerprint density at radius 2 is 1.83 bits per heavy atom. The minimum Gasteiger partial charge on any atom is -0.353 e. The largest absolute Gasteiger partial charge is 0.433 e. The lowest BCUT2D eigenvalue weighted by Gasteiger charge is -2.15. The molecule has 0 saturated carbocycles. The number of hydrogen-bond donors (Lipinski definition) is 2. The molecule has 0 spiro atoms. The van der Waals surface area contributed by atoms with Crippen molar-refractivity contribution in [3.8, 4) is 0 Å². The molecule has 2 aromatic rings. The van der Waals surface area contributed by atoms with Gasteiger partial charge in [-0.2, -0.15) is 18.2 Å². The van der Waals surface area contributed by atoms with Crippen LogP contribution < -0.4 is 10.6 Å². The topological polar surface area (TPSA) is 53.1 Å². The molecule has 2 N–H and O–H groups in total. The van der Waals surface area contributed by atoms with Crippen LogP contribution in [0.25, 0.3) is 0 Å². The van der Waals surface area contributed by atoms with Crippen molar-refractivity contribution in [1.82, 2.24) is 14.9 Å². The molecular weight excluding hydrogens is 319 g/mol. The van der Waals surface area contributed by atoms with Crippen LogP contribution in [0.4, 0.5) is 30.6 Å². The van der Waals surface area contributed by atoms with Gasteiger partial charge in [0.05, 0.1) is 0 Å². The molecule has 0 saturated heterocycles. The third-order valence-electron chi connectivity index (χ3n) is 3.27. The van der Waals surface area contributed by atoms with Crippen LogP contribution in [0.1, 0.15) is 11.3 Å². The van der Waals surface area contributed by atoms with E-state index < -0.39 is 11.9 Å². The van der Waals surface area contributed by atoms with Gasteiger partial charge >= 0.3 is 6.18 Å². The maximum Gasteiger partial charge on any atom is 0.433 e. The Morgan fingerprint density at radius 1 is 1.12 bits per heavy atom. The first-order chi connectivity index (χ1) is 11.3. The molecule has 130 valence electrons. The SMILES string of the molecule is Cc1ccccc1Nc1cc(C(F)(F)F)nc(NCCN(C)C)n1. The predicted octanol–water partition coefficient (Wildman–Crippen LogP) is 3.52. The summed E-state index contributed by atoms with van der Waals surface area (Å²) < 4.78 is 39.2. The summed E-state index contributed by atoms with van der Waals surface area (Å²) in [5, 5.41) is 5.75. The zero-order chi connectivity index (χ0) is 17.7. The smallest absolute Gasteiger partial charge is 0.353 e. The van der Waals surface area contributed by atoms with Crippen molar-refractivity contribution in [2.45, 2.75) is 13.1 Å². The summed E-state index contributed by atoms with van der Waals surface area (Å²) in [7, 11) is 3.75. The first-order valence-electron chi connectivity index (χ1n) is 7.43.